The summed E-state index contributed by atoms with van der Waals surface area (Å²) in [6.07, 6.45) is 7.13. The van der Waals surface area contributed by atoms with Gasteiger partial charge in [0.05, 0.1) is 27.9 Å². The summed E-state index contributed by atoms with van der Waals surface area (Å²) in [5.41, 5.74) is 13.8. The molecule has 0 spiro atoms. The number of hydrogen-bond acceptors (Lipinski definition) is 6. The molecule has 0 amide bonds. The van der Waals surface area contributed by atoms with Gasteiger partial charge in [-0.15, -0.1) is 6.07 Å². The SMILES string of the molecule is CC(C)(C)c1ccc(-n2c(-c3[c-]c(-c4cc(C(C)(C)C)cc5nccnc45)cnc3)nc3c(-c4cc5c(cc4O)oc4ccccc45)cccc32)c(-c2ccccc2)c1.[Pt]. The first kappa shape index (κ1) is 39.1. The zero-order chi connectivity index (χ0) is 40.6. The van der Waals surface area contributed by atoms with E-state index < -0.39 is 0 Å². The average Bonchev–Trinajstić information content (AvgIpc) is 3.81. The summed E-state index contributed by atoms with van der Waals surface area (Å²) in [6.45, 7) is 13.3. The fourth-order valence-corrected chi connectivity index (χ4v) is 8.12. The van der Waals surface area contributed by atoms with Crippen LogP contribution in [0.4, 0.5) is 0 Å². The van der Waals surface area contributed by atoms with Gasteiger partial charge in [0.1, 0.15) is 16.9 Å². The Morgan fingerprint density at radius 1 is 0.600 bits per heavy atom. The Morgan fingerprint density at radius 3 is 2.13 bits per heavy atom. The Morgan fingerprint density at radius 2 is 1.33 bits per heavy atom. The third kappa shape index (κ3) is 6.67. The quantitative estimate of drug-likeness (QED) is 0.173. The van der Waals surface area contributed by atoms with Crippen LogP contribution >= 0.6 is 0 Å². The molecule has 0 bridgehead atoms. The minimum atomic E-state index is -0.125. The minimum Gasteiger partial charge on any atom is -0.507 e. The van der Waals surface area contributed by atoms with E-state index in [0.717, 1.165) is 77.5 Å². The van der Waals surface area contributed by atoms with Gasteiger partial charge in [-0.3, -0.25) is 15.0 Å². The summed E-state index contributed by atoms with van der Waals surface area (Å²) in [5.74, 6) is 0.779. The maximum atomic E-state index is 11.7. The number of para-hydroxylation sites is 2. The van der Waals surface area contributed by atoms with Gasteiger partial charge in [0.2, 0.25) is 0 Å². The summed E-state index contributed by atoms with van der Waals surface area (Å²) in [4.78, 5) is 19.8. The molecule has 0 atom stereocenters. The van der Waals surface area contributed by atoms with E-state index >= 15 is 0 Å². The van der Waals surface area contributed by atoms with Crippen molar-refractivity contribution in [2.24, 2.45) is 0 Å². The second-order valence-corrected chi connectivity index (χ2v) is 17.3. The van der Waals surface area contributed by atoms with Gasteiger partial charge in [0.25, 0.3) is 0 Å². The van der Waals surface area contributed by atoms with Crippen molar-refractivity contribution in [3.05, 3.63) is 157 Å². The van der Waals surface area contributed by atoms with E-state index in [4.69, 9.17) is 24.4 Å². The molecule has 4 aromatic heterocycles. The molecular formula is C52H42N5O2Pt-. The van der Waals surface area contributed by atoms with Gasteiger partial charge in [-0.1, -0.05) is 131 Å². The molecule has 0 aliphatic carbocycles. The molecule has 1 N–H and O–H groups in total. The van der Waals surface area contributed by atoms with Crippen molar-refractivity contribution in [3.63, 3.8) is 0 Å². The summed E-state index contributed by atoms with van der Waals surface area (Å²) in [6, 6.07) is 43.1. The van der Waals surface area contributed by atoms with Gasteiger partial charge in [-0.05, 0) is 76.3 Å². The smallest absolute Gasteiger partial charge is 0.139 e. The molecule has 8 heteroatoms. The first-order valence-corrected chi connectivity index (χ1v) is 19.9. The van der Waals surface area contributed by atoms with E-state index in [2.05, 4.69) is 113 Å². The Hall–Kier alpha value is -6.43. The first-order valence-electron chi connectivity index (χ1n) is 19.9. The molecule has 4 heterocycles. The zero-order valence-corrected chi connectivity index (χ0v) is 36.5. The molecule has 298 valence electrons. The summed E-state index contributed by atoms with van der Waals surface area (Å²) >= 11 is 0. The molecule has 0 saturated carbocycles. The van der Waals surface area contributed by atoms with Crippen LogP contribution in [0.3, 0.4) is 0 Å². The molecule has 10 rings (SSSR count). The second-order valence-electron chi connectivity index (χ2n) is 17.3. The van der Waals surface area contributed by atoms with Gasteiger partial charge in [-0.2, -0.15) is 0 Å². The Labute approximate surface area is 363 Å². The first-order chi connectivity index (χ1) is 28.4. The van der Waals surface area contributed by atoms with Crippen LogP contribution in [0, 0.1) is 6.07 Å². The van der Waals surface area contributed by atoms with Crippen molar-refractivity contribution >= 4 is 44.0 Å². The zero-order valence-electron chi connectivity index (χ0n) is 34.2. The molecule has 10 aromatic rings. The summed E-state index contributed by atoms with van der Waals surface area (Å²) in [7, 11) is 0. The predicted octanol–water partition coefficient (Wildman–Crippen LogP) is 13.0. The number of benzene rings is 6. The number of aromatic nitrogens is 5. The van der Waals surface area contributed by atoms with E-state index in [9.17, 15) is 5.11 Å². The normalized spacial score (nSPS) is 12.1. The number of aromatic hydroxyl groups is 1. The number of rotatable bonds is 5. The molecule has 6 aromatic carbocycles. The number of furan rings is 1. The Kier molecular flexibility index (Phi) is 9.56. The molecular weight excluding hydrogens is 922 g/mol. The third-order valence-corrected chi connectivity index (χ3v) is 11.3. The van der Waals surface area contributed by atoms with Gasteiger partial charge in [0.15, 0.2) is 0 Å². The summed E-state index contributed by atoms with van der Waals surface area (Å²) < 4.78 is 8.36. The van der Waals surface area contributed by atoms with Crippen molar-refractivity contribution in [1.82, 2.24) is 24.5 Å². The van der Waals surface area contributed by atoms with Crippen LogP contribution in [0.5, 0.6) is 5.75 Å². The fourth-order valence-electron chi connectivity index (χ4n) is 8.12. The van der Waals surface area contributed by atoms with Crippen molar-refractivity contribution in [3.8, 4) is 56.2 Å². The van der Waals surface area contributed by atoms with Crippen LogP contribution < -0.4 is 0 Å². The van der Waals surface area contributed by atoms with Crippen molar-refractivity contribution in [2.75, 3.05) is 0 Å². The fraction of sp³-hybridized carbons (Fsp3) is 0.154. The Bertz CT molecular complexity index is 3260. The number of imidazole rings is 1. The molecule has 60 heavy (non-hydrogen) atoms. The van der Waals surface area contributed by atoms with Gasteiger partial charge in [-0.25, -0.2) is 0 Å². The molecule has 0 saturated heterocycles. The van der Waals surface area contributed by atoms with Crippen LogP contribution in [0.2, 0.25) is 0 Å². The second kappa shape index (κ2) is 14.7. The van der Waals surface area contributed by atoms with Crippen LogP contribution in [0.1, 0.15) is 52.7 Å². The molecule has 0 fully saturated rings. The van der Waals surface area contributed by atoms with Crippen LogP contribution in [-0.4, -0.2) is 29.6 Å². The van der Waals surface area contributed by atoms with Crippen LogP contribution in [-0.2, 0) is 31.9 Å². The number of pyridine rings is 1. The number of hydrogen-bond donors (Lipinski definition) is 1. The summed E-state index contributed by atoms with van der Waals surface area (Å²) in [5, 5.41) is 13.6. The molecule has 7 nitrogen and oxygen atoms in total. The maximum absolute atomic E-state index is 11.7. The minimum absolute atomic E-state index is 0. The number of nitrogens with zero attached hydrogens (tertiary/aromatic N) is 5. The van der Waals surface area contributed by atoms with E-state index in [0.29, 0.717) is 22.5 Å². The third-order valence-electron chi connectivity index (χ3n) is 11.3. The molecule has 0 unspecified atom stereocenters. The number of phenols is 1. The van der Waals surface area contributed by atoms with Crippen molar-refractivity contribution in [2.45, 2.75) is 52.4 Å². The number of phenolic OH excluding ortho intramolecular Hbond substituents is 1. The van der Waals surface area contributed by atoms with Gasteiger partial charge >= 0.3 is 0 Å². The Balaban J connectivity index is 0.00000462. The van der Waals surface area contributed by atoms with E-state index in [1.165, 1.54) is 5.56 Å². The molecule has 0 aliphatic heterocycles. The molecule has 0 radical (unpaired) electrons. The van der Waals surface area contributed by atoms with Crippen molar-refractivity contribution < 1.29 is 30.6 Å². The standard InChI is InChI=1S/C52H42N5O2.Pt/c1-51(2,3)34-19-20-43(38(24-34)31-13-8-7-9-14-31)57-44-17-12-16-37(40-27-41-36-15-10-11-18-46(36)59-47(41)28-45(40)58)49(44)56-50(57)33-23-32(29-53-30-33)39-25-35(52(4,5)6)26-42-48(39)55-22-21-54-42;/h7-22,24-30,58H,1-6H3;/q-1;. The van der Waals surface area contributed by atoms with E-state index in [1.807, 2.05) is 60.9 Å². The van der Waals surface area contributed by atoms with Gasteiger partial charge < -0.3 is 19.1 Å². The van der Waals surface area contributed by atoms with Crippen LogP contribution in [0.25, 0.3) is 94.5 Å². The monoisotopic (exact) mass is 963 g/mol. The average molecular weight is 964 g/mol. The maximum Gasteiger partial charge on any atom is 0.139 e. The largest absolute Gasteiger partial charge is 0.507 e. The predicted molar refractivity (Wildman–Crippen MR) is 239 cm³/mol. The van der Waals surface area contributed by atoms with Crippen LogP contribution in [0.15, 0.2) is 144 Å². The van der Waals surface area contributed by atoms with Crippen molar-refractivity contribution in [1.29, 1.82) is 0 Å². The molecule has 0 aliphatic rings. The van der Waals surface area contributed by atoms with Gasteiger partial charge in [0, 0.05) is 72.7 Å². The topological polar surface area (TPSA) is 89.9 Å². The number of fused-ring (bicyclic) bond motifs is 5. The van der Waals surface area contributed by atoms with E-state index in [-0.39, 0.29) is 37.6 Å². The van der Waals surface area contributed by atoms with E-state index in [1.54, 1.807) is 18.5 Å².